The Morgan fingerprint density at radius 3 is 2.95 bits per heavy atom. The largest absolute Gasteiger partial charge is 0.331 e. The van der Waals surface area contributed by atoms with E-state index in [-0.39, 0.29) is 5.56 Å². The van der Waals surface area contributed by atoms with Crippen LogP contribution in [-0.4, -0.2) is 36.8 Å². The third-order valence-corrected chi connectivity index (χ3v) is 4.70. The zero-order valence-corrected chi connectivity index (χ0v) is 12.6. The molecule has 1 aliphatic carbocycles. The number of hydrogen-bond donors (Lipinski definition) is 0. The van der Waals surface area contributed by atoms with Gasteiger partial charge in [-0.2, -0.15) is 5.10 Å². The average molecular weight is 299 g/mol. The Labute approximate surface area is 129 Å². The summed E-state index contributed by atoms with van der Waals surface area (Å²) in [6.07, 6.45) is 10.5. The second-order valence-corrected chi connectivity index (χ2v) is 6.29. The van der Waals surface area contributed by atoms with Gasteiger partial charge in [0.05, 0.1) is 13.1 Å². The van der Waals surface area contributed by atoms with Gasteiger partial charge in [0.25, 0.3) is 5.56 Å². The van der Waals surface area contributed by atoms with Crippen molar-refractivity contribution in [3.8, 4) is 0 Å². The Hall–Kier alpha value is -1.95. The third kappa shape index (κ3) is 2.70. The van der Waals surface area contributed by atoms with E-state index in [4.69, 9.17) is 0 Å². The van der Waals surface area contributed by atoms with E-state index in [0.29, 0.717) is 18.6 Å². The maximum atomic E-state index is 11.8. The maximum Gasteiger partial charge on any atom is 0.266 e. The lowest BCUT2D eigenvalue weighted by Crippen LogP contribution is -2.37. The molecule has 116 valence electrons. The van der Waals surface area contributed by atoms with Gasteiger partial charge in [-0.3, -0.25) is 9.69 Å². The molecule has 22 heavy (non-hydrogen) atoms. The molecule has 1 saturated carbocycles. The number of imidazole rings is 1. The molecule has 0 aromatic carbocycles. The highest BCUT2D eigenvalue weighted by atomic mass is 16.1. The van der Waals surface area contributed by atoms with Crippen LogP contribution in [0.5, 0.6) is 0 Å². The number of nitrogens with zero attached hydrogens (tertiary/aromatic N) is 5. The molecule has 0 bridgehead atoms. The minimum absolute atomic E-state index is 0.0196. The average Bonchev–Trinajstić information content (AvgIpc) is 3.11. The van der Waals surface area contributed by atoms with E-state index in [9.17, 15) is 4.79 Å². The minimum atomic E-state index is -0.0196. The van der Waals surface area contributed by atoms with E-state index in [0.717, 1.165) is 25.3 Å². The van der Waals surface area contributed by atoms with E-state index in [1.54, 1.807) is 23.0 Å². The van der Waals surface area contributed by atoms with E-state index >= 15 is 0 Å². The highest BCUT2D eigenvalue weighted by molar-refractivity contribution is 5.00. The molecule has 4 rings (SSSR count). The summed E-state index contributed by atoms with van der Waals surface area (Å²) < 4.78 is 3.90. The smallest absolute Gasteiger partial charge is 0.266 e. The normalized spacial score (nSPS) is 22.3. The van der Waals surface area contributed by atoms with Crippen LogP contribution in [-0.2, 0) is 13.1 Å². The number of likely N-dealkylation sites (tertiary alicyclic amines) is 1. The lowest BCUT2D eigenvalue weighted by Gasteiger charge is -2.24. The predicted molar refractivity (Wildman–Crippen MR) is 82.4 cm³/mol. The van der Waals surface area contributed by atoms with E-state index in [1.807, 2.05) is 6.20 Å². The van der Waals surface area contributed by atoms with Gasteiger partial charge < -0.3 is 4.57 Å². The van der Waals surface area contributed by atoms with Crippen molar-refractivity contribution in [2.24, 2.45) is 0 Å². The van der Waals surface area contributed by atoms with Gasteiger partial charge in [0.15, 0.2) is 0 Å². The first-order valence-corrected chi connectivity index (χ1v) is 8.09. The van der Waals surface area contributed by atoms with Crippen molar-refractivity contribution in [3.63, 3.8) is 0 Å². The minimum Gasteiger partial charge on any atom is -0.331 e. The Balaban J connectivity index is 1.48. The van der Waals surface area contributed by atoms with Crippen molar-refractivity contribution in [1.29, 1.82) is 0 Å². The van der Waals surface area contributed by atoms with Gasteiger partial charge in [0.1, 0.15) is 5.82 Å². The number of rotatable bonds is 5. The van der Waals surface area contributed by atoms with Gasteiger partial charge in [0, 0.05) is 36.7 Å². The summed E-state index contributed by atoms with van der Waals surface area (Å²) >= 11 is 0. The van der Waals surface area contributed by atoms with Crippen LogP contribution in [0.4, 0.5) is 0 Å². The van der Waals surface area contributed by atoms with Crippen LogP contribution in [0.1, 0.15) is 37.5 Å². The molecular formula is C16H21N5O. The van der Waals surface area contributed by atoms with Crippen LogP contribution in [0.25, 0.3) is 0 Å². The summed E-state index contributed by atoms with van der Waals surface area (Å²) in [4.78, 5) is 18.8. The molecule has 6 heteroatoms. The number of aromatic nitrogens is 4. The van der Waals surface area contributed by atoms with Crippen LogP contribution in [0.2, 0.25) is 0 Å². The molecule has 1 unspecified atom stereocenters. The molecule has 0 N–H and O–H groups in total. The Morgan fingerprint density at radius 1 is 1.23 bits per heavy atom. The fraction of sp³-hybridized carbons (Fsp3) is 0.562. The van der Waals surface area contributed by atoms with Crippen molar-refractivity contribution in [2.75, 3.05) is 6.54 Å². The van der Waals surface area contributed by atoms with Crippen molar-refractivity contribution in [2.45, 2.75) is 50.9 Å². The van der Waals surface area contributed by atoms with E-state index in [2.05, 4.69) is 25.7 Å². The first-order chi connectivity index (χ1) is 10.8. The van der Waals surface area contributed by atoms with Gasteiger partial charge >= 0.3 is 0 Å². The highest BCUT2D eigenvalue weighted by Gasteiger charge is 2.29. The first kappa shape index (κ1) is 13.7. The molecular weight excluding hydrogens is 278 g/mol. The lowest BCUT2D eigenvalue weighted by molar-refractivity contribution is 0.209. The molecule has 0 radical (unpaired) electrons. The van der Waals surface area contributed by atoms with Crippen molar-refractivity contribution in [3.05, 3.63) is 46.9 Å². The lowest BCUT2D eigenvalue weighted by atomic mass is 10.2. The van der Waals surface area contributed by atoms with E-state index < -0.39 is 0 Å². The molecule has 2 aromatic rings. The third-order valence-electron chi connectivity index (χ3n) is 4.70. The van der Waals surface area contributed by atoms with Crippen LogP contribution in [0.3, 0.4) is 0 Å². The summed E-state index contributed by atoms with van der Waals surface area (Å²) in [5.74, 6) is 1.16. The zero-order chi connectivity index (χ0) is 14.9. The SMILES string of the molecule is O=c1cccnn1CC1CCCN1Cc1nccn1C1CC1. The summed E-state index contributed by atoms with van der Waals surface area (Å²) in [6, 6.07) is 4.30. The van der Waals surface area contributed by atoms with Gasteiger partial charge in [-0.05, 0) is 38.3 Å². The van der Waals surface area contributed by atoms with Gasteiger partial charge in [-0.25, -0.2) is 9.67 Å². The molecule has 0 amide bonds. The highest BCUT2D eigenvalue weighted by Crippen LogP contribution is 2.36. The summed E-state index contributed by atoms with van der Waals surface area (Å²) in [5.41, 5.74) is -0.0196. The summed E-state index contributed by atoms with van der Waals surface area (Å²) in [6.45, 7) is 2.61. The van der Waals surface area contributed by atoms with Crippen molar-refractivity contribution >= 4 is 0 Å². The first-order valence-electron chi connectivity index (χ1n) is 8.09. The zero-order valence-electron chi connectivity index (χ0n) is 12.6. The molecule has 2 aromatic heterocycles. The number of hydrogen-bond acceptors (Lipinski definition) is 4. The van der Waals surface area contributed by atoms with Crippen LogP contribution in [0.15, 0.2) is 35.5 Å². The molecule has 1 aliphatic heterocycles. The fourth-order valence-corrected chi connectivity index (χ4v) is 3.37. The molecule has 1 atom stereocenters. The molecule has 0 spiro atoms. The van der Waals surface area contributed by atoms with Gasteiger partial charge in [-0.15, -0.1) is 0 Å². The van der Waals surface area contributed by atoms with Crippen molar-refractivity contribution in [1.82, 2.24) is 24.2 Å². The Bertz CT molecular complexity index is 702. The predicted octanol–water partition coefficient (Wildman–Crippen LogP) is 1.44. The summed E-state index contributed by atoms with van der Waals surface area (Å²) in [7, 11) is 0. The Kier molecular flexibility index (Phi) is 3.54. The van der Waals surface area contributed by atoms with Crippen molar-refractivity contribution < 1.29 is 0 Å². The quantitative estimate of drug-likeness (QED) is 0.838. The van der Waals surface area contributed by atoms with Crippen LogP contribution in [0, 0.1) is 0 Å². The summed E-state index contributed by atoms with van der Waals surface area (Å²) in [5, 5.41) is 4.19. The molecule has 6 nitrogen and oxygen atoms in total. The topological polar surface area (TPSA) is 56.0 Å². The molecule has 1 saturated heterocycles. The maximum absolute atomic E-state index is 11.8. The van der Waals surface area contributed by atoms with E-state index in [1.165, 1.54) is 19.3 Å². The monoisotopic (exact) mass is 299 g/mol. The second kappa shape index (κ2) is 5.68. The second-order valence-electron chi connectivity index (χ2n) is 6.29. The molecule has 2 fully saturated rings. The molecule has 3 heterocycles. The fourth-order valence-electron chi connectivity index (χ4n) is 3.37. The van der Waals surface area contributed by atoms with Crippen LogP contribution >= 0.6 is 0 Å². The Morgan fingerprint density at radius 2 is 2.14 bits per heavy atom. The standard InChI is InChI=1S/C16H21N5O/c22-16-4-1-7-18-21(16)11-14-3-2-9-19(14)12-15-17-8-10-20(15)13-5-6-13/h1,4,7-8,10,13-14H,2-3,5-6,9,11-12H2. The van der Waals surface area contributed by atoms with Gasteiger partial charge in [0.2, 0.25) is 0 Å². The van der Waals surface area contributed by atoms with Crippen LogP contribution < -0.4 is 5.56 Å². The van der Waals surface area contributed by atoms with Gasteiger partial charge in [-0.1, -0.05) is 0 Å². The molecule has 2 aliphatic rings.